The van der Waals surface area contributed by atoms with Gasteiger partial charge >= 0.3 is 0 Å². The van der Waals surface area contributed by atoms with E-state index in [4.69, 9.17) is 5.73 Å². The van der Waals surface area contributed by atoms with E-state index < -0.39 is 0 Å². The number of hydrogen-bond donors (Lipinski definition) is 1. The van der Waals surface area contributed by atoms with E-state index in [1.54, 1.807) is 6.92 Å². The number of Topliss-reactive ketones (excluding diaryl/α,β-unsaturated/α-hetero) is 1. The highest BCUT2D eigenvalue weighted by Crippen LogP contribution is 2.38. The van der Waals surface area contributed by atoms with Crippen molar-refractivity contribution >= 4 is 5.78 Å². The molecule has 0 aliphatic heterocycles. The third kappa shape index (κ3) is 2.06. The predicted molar refractivity (Wildman–Crippen MR) is 43.7 cm³/mol. The Morgan fingerprint density at radius 1 is 1.73 bits per heavy atom. The molecule has 2 N–H and O–H groups in total. The van der Waals surface area contributed by atoms with Gasteiger partial charge in [-0.2, -0.15) is 0 Å². The Labute approximate surface area is 67.2 Å². The Bertz CT molecular complexity index is 211. The third-order valence-electron chi connectivity index (χ3n) is 2.08. The summed E-state index contributed by atoms with van der Waals surface area (Å²) in [5.74, 6) is 6.45. The summed E-state index contributed by atoms with van der Waals surface area (Å²) >= 11 is 0. The number of ketones is 1. The molecule has 1 saturated carbocycles. The van der Waals surface area contributed by atoms with Gasteiger partial charge < -0.3 is 5.73 Å². The number of carbonyl (C=O) groups is 1. The molecule has 1 aliphatic carbocycles. The van der Waals surface area contributed by atoms with Crippen molar-refractivity contribution in [3.8, 4) is 11.8 Å². The van der Waals surface area contributed by atoms with Crippen molar-refractivity contribution in [1.82, 2.24) is 0 Å². The van der Waals surface area contributed by atoms with Gasteiger partial charge in [0, 0.05) is 5.92 Å². The van der Waals surface area contributed by atoms with Gasteiger partial charge in [0.15, 0.2) is 0 Å². The van der Waals surface area contributed by atoms with E-state index in [2.05, 4.69) is 11.8 Å². The molecule has 60 valence electrons. The summed E-state index contributed by atoms with van der Waals surface area (Å²) in [5.41, 5.74) is 5.40. The molecule has 0 aromatic rings. The van der Waals surface area contributed by atoms with E-state index in [0.29, 0.717) is 18.9 Å². The van der Waals surface area contributed by atoms with Gasteiger partial charge in [0.25, 0.3) is 0 Å². The van der Waals surface area contributed by atoms with E-state index in [9.17, 15) is 4.79 Å². The molecule has 1 fully saturated rings. The van der Waals surface area contributed by atoms with Crippen LogP contribution in [0, 0.1) is 23.7 Å². The average molecular weight is 151 g/mol. The average Bonchev–Trinajstić information content (AvgIpc) is 2.78. The molecule has 0 spiro atoms. The quantitative estimate of drug-likeness (QED) is 0.599. The van der Waals surface area contributed by atoms with E-state index in [1.165, 1.54) is 0 Å². The van der Waals surface area contributed by atoms with Crippen LogP contribution in [-0.4, -0.2) is 12.3 Å². The summed E-state index contributed by atoms with van der Waals surface area (Å²) in [7, 11) is 0. The molecule has 11 heavy (non-hydrogen) atoms. The largest absolute Gasteiger partial charge is 0.330 e. The summed E-state index contributed by atoms with van der Waals surface area (Å²) in [6.45, 7) is 2.40. The first kappa shape index (κ1) is 8.29. The summed E-state index contributed by atoms with van der Waals surface area (Å²) in [4.78, 5) is 11.2. The van der Waals surface area contributed by atoms with Gasteiger partial charge in [0.2, 0.25) is 0 Å². The van der Waals surface area contributed by atoms with Crippen molar-refractivity contribution in [2.45, 2.75) is 19.8 Å². The van der Waals surface area contributed by atoms with Crippen LogP contribution in [0.3, 0.4) is 0 Å². The summed E-state index contributed by atoms with van der Waals surface area (Å²) in [6.07, 6.45) is 1.40. The standard InChI is InChI=1S/C9H13NO/c1-2-3-4-9(11)8-5-7(8)6-10/h7-8H,4-6,10H2,1H3. The van der Waals surface area contributed by atoms with Gasteiger partial charge in [-0.1, -0.05) is 5.92 Å². The topological polar surface area (TPSA) is 43.1 Å². The zero-order chi connectivity index (χ0) is 8.27. The summed E-state index contributed by atoms with van der Waals surface area (Å²) in [5, 5.41) is 0. The van der Waals surface area contributed by atoms with Crippen LogP contribution >= 0.6 is 0 Å². The van der Waals surface area contributed by atoms with Crippen LogP contribution in [0.25, 0.3) is 0 Å². The Morgan fingerprint density at radius 2 is 2.45 bits per heavy atom. The lowest BCUT2D eigenvalue weighted by Gasteiger charge is -1.91. The second-order valence-electron chi connectivity index (χ2n) is 2.91. The second-order valence-corrected chi connectivity index (χ2v) is 2.91. The highest BCUT2D eigenvalue weighted by atomic mass is 16.1. The van der Waals surface area contributed by atoms with Crippen LogP contribution < -0.4 is 5.73 Å². The summed E-state index contributed by atoms with van der Waals surface area (Å²) < 4.78 is 0. The first-order valence-electron chi connectivity index (χ1n) is 3.92. The van der Waals surface area contributed by atoms with Gasteiger partial charge in [0.05, 0.1) is 6.42 Å². The van der Waals surface area contributed by atoms with Crippen LogP contribution in [0.1, 0.15) is 19.8 Å². The van der Waals surface area contributed by atoms with Gasteiger partial charge in [-0.25, -0.2) is 0 Å². The molecule has 2 atom stereocenters. The van der Waals surface area contributed by atoms with Crippen LogP contribution in [0.5, 0.6) is 0 Å². The molecule has 1 aliphatic rings. The Hall–Kier alpha value is -0.810. The first-order valence-corrected chi connectivity index (χ1v) is 3.92. The minimum Gasteiger partial charge on any atom is -0.330 e. The predicted octanol–water partition coefficient (Wildman–Crippen LogP) is 0.564. The van der Waals surface area contributed by atoms with Crippen molar-refractivity contribution in [3.63, 3.8) is 0 Å². The minimum absolute atomic E-state index is 0.237. The van der Waals surface area contributed by atoms with Crippen molar-refractivity contribution in [2.75, 3.05) is 6.54 Å². The molecule has 0 bridgehead atoms. The maximum Gasteiger partial charge on any atom is 0.148 e. The molecule has 1 rings (SSSR count). The minimum atomic E-state index is 0.237. The number of hydrogen-bond acceptors (Lipinski definition) is 2. The molecule has 0 heterocycles. The lowest BCUT2D eigenvalue weighted by atomic mass is 10.1. The molecule has 2 unspecified atom stereocenters. The van der Waals surface area contributed by atoms with E-state index in [1.807, 2.05) is 0 Å². The van der Waals surface area contributed by atoms with E-state index in [-0.39, 0.29) is 11.7 Å². The highest BCUT2D eigenvalue weighted by molar-refractivity contribution is 5.85. The van der Waals surface area contributed by atoms with Crippen molar-refractivity contribution in [3.05, 3.63) is 0 Å². The van der Waals surface area contributed by atoms with Gasteiger partial charge in [0.1, 0.15) is 5.78 Å². The van der Waals surface area contributed by atoms with Crippen LogP contribution in [0.15, 0.2) is 0 Å². The molecule has 0 aromatic heterocycles. The zero-order valence-corrected chi connectivity index (χ0v) is 6.76. The van der Waals surface area contributed by atoms with E-state index >= 15 is 0 Å². The Balaban J connectivity index is 2.26. The highest BCUT2D eigenvalue weighted by Gasteiger charge is 2.40. The monoisotopic (exact) mass is 151 g/mol. The van der Waals surface area contributed by atoms with E-state index in [0.717, 1.165) is 6.42 Å². The van der Waals surface area contributed by atoms with Crippen LogP contribution in [-0.2, 0) is 4.79 Å². The fourth-order valence-corrected chi connectivity index (χ4v) is 1.21. The number of nitrogens with two attached hydrogens (primary N) is 1. The zero-order valence-electron chi connectivity index (χ0n) is 6.76. The first-order chi connectivity index (χ1) is 5.29. The maximum absolute atomic E-state index is 11.2. The van der Waals surface area contributed by atoms with Crippen molar-refractivity contribution in [1.29, 1.82) is 0 Å². The van der Waals surface area contributed by atoms with Crippen LogP contribution in [0.2, 0.25) is 0 Å². The fraction of sp³-hybridized carbons (Fsp3) is 0.667. The Kier molecular flexibility index (Phi) is 2.67. The smallest absolute Gasteiger partial charge is 0.148 e. The second kappa shape index (κ2) is 3.54. The molecule has 0 radical (unpaired) electrons. The van der Waals surface area contributed by atoms with Gasteiger partial charge in [-0.3, -0.25) is 4.79 Å². The molecular formula is C9H13NO. The Morgan fingerprint density at radius 3 is 2.91 bits per heavy atom. The van der Waals surface area contributed by atoms with Gasteiger partial charge in [-0.15, -0.1) is 5.92 Å². The molecule has 2 nitrogen and oxygen atoms in total. The normalized spacial score (nSPS) is 27.1. The number of rotatable bonds is 3. The fourth-order valence-electron chi connectivity index (χ4n) is 1.21. The van der Waals surface area contributed by atoms with Gasteiger partial charge in [-0.05, 0) is 25.8 Å². The molecule has 0 amide bonds. The van der Waals surface area contributed by atoms with Crippen molar-refractivity contribution in [2.24, 2.45) is 17.6 Å². The third-order valence-corrected chi connectivity index (χ3v) is 2.08. The summed E-state index contributed by atoms with van der Waals surface area (Å²) in [6, 6.07) is 0. The molecule has 0 saturated heterocycles. The number of carbonyl (C=O) groups excluding carboxylic acids is 1. The molecule has 0 aromatic carbocycles. The lowest BCUT2D eigenvalue weighted by molar-refractivity contribution is -0.119. The molecule has 2 heteroatoms. The SMILES string of the molecule is CC#CCC(=O)C1CC1CN. The maximum atomic E-state index is 11.2. The van der Waals surface area contributed by atoms with Crippen molar-refractivity contribution < 1.29 is 4.79 Å². The van der Waals surface area contributed by atoms with Crippen LogP contribution in [0.4, 0.5) is 0 Å². The molecular weight excluding hydrogens is 138 g/mol. The lowest BCUT2D eigenvalue weighted by Crippen LogP contribution is -2.07.